The molecule has 0 fully saturated rings. The van der Waals surface area contributed by atoms with Crippen molar-refractivity contribution in [3.05, 3.63) is 36.0 Å². The molecule has 0 N–H and O–H groups in total. The molecule has 0 radical (unpaired) electrons. The van der Waals surface area contributed by atoms with Gasteiger partial charge in [-0.05, 0) is 25.1 Å². The molecule has 0 unspecified atom stereocenters. The Balaban J connectivity index is 0.000000457. The van der Waals surface area contributed by atoms with Crippen molar-refractivity contribution in [2.75, 3.05) is 0 Å². The quantitative estimate of drug-likeness (QED) is 0.551. The summed E-state index contributed by atoms with van der Waals surface area (Å²) in [5, 5.41) is 1.66. The molecule has 2 nitrogen and oxygen atoms in total. The third kappa shape index (κ3) is 1.69. The van der Waals surface area contributed by atoms with Gasteiger partial charge in [0.15, 0.2) is 0 Å². The fourth-order valence-corrected chi connectivity index (χ4v) is 1.67. The molecule has 3 aromatic rings. The summed E-state index contributed by atoms with van der Waals surface area (Å²) in [6.45, 7) is 5.88. The third-order valence-corrected chi connectivity index (χ3v) is 2.25. The molecule has 3 heteroatoms. The molecule has 0 spiro atoms. The van der Waals surface area contributed by atoms with Crippen LogP contribution in [-0.4, -0.2) is 0 Å². The van der Waals surface area contributed by atoms with Gasteiger partial charge in [0.2, 0.25) is 0 Å². The van der Waals surface area contributed by atoms with Gasteiger partial charge in [-0.3, -0.25) is 0 Å². The fraction of sp³-hybridized carbons (Fsp3) is 0.231. The number of halogens is 1. The van der Waals surface area contributed by atoms with Crippen LogP contribution in [0.4, 0.5) is 4.39 Å². The monoisotopic (exact) mass is 220 g/mol. The first-order chi connectivity index (χ1) is 7.72. The second-order valence-corrected chi connectivity index (χ2v) is 3.34. The van der Waals surface area contributed by atoms with E-state index in [2.05, 4.69) is 0 Å². The lowest BCUT2D eigenvalue weighted by atomic mass is 10.2. The smallest absolute Gasteiger partial charge is 0.278 e. The highest BCUT2D eigenvalue weighted by Crippen LogP contribution is 2.27. The highest BCUT2D eigenvalue weighted by Gasteiger charge is 2.07. The summed E-state index contributed by atoms with van der Waals surface area (Å²) in [6, 6.07) is 6.25. The van der Waals surface area contributed by atoms with E-state index in [1.54, 1.807) is 12.1 Å². The Bertz CT molecular complexity index is 516. The number of furan rings is 2. The molecule has 16 heavy (non-hydrogen) atoms. The summed E-state index contributed by atoms with van der Waals surface area (Å²) in [5.41, 5.74) is 1.31. The Labute approximate surface area is 92.6 Å². The lowest BCUT2D eigenvalue weighted by Gasteiger charge is -1.87. The van der Waals surface area contributed by atoms with Gasteiger partial charge in [0, 0.05) is 16.8 Å². The second-order valence-electron chi connectivity index (χ2n) is 3.34. The van der Waals surface area contributed by atoms with Crippen molar-refractivity contribution < 1.29 is 13.2 Å². The zero-order valence-corrected chi connectivity index (χ0v) is 9.50. The maximum Gasteiger partial charge on any atom is 0.278 e. The SMILES string of the molecule is CC.Cc1cc2cc3oc(F)cc3cc2o1. The first-order valence-electron chi connectivity index (χ1n) is 5.31. The maximum atomic E-state index is 12.8. The summed E-state index contributed by atoms with van der Waals surface area (Å²) in [6.07, 6.45) is 0. The topological polar surface area (TPSA) is 26.3 Å². The van der Waals surface area contributed by atoms with Crippen LogP contribution in [0.3, 0.4) is 0 Å². The van der Waals surface area contributed by atoms with Crippen LogP contribution in [-0.2, 0) is 0 Å². The average molecular weight is 220 g/mol. The number of benzene rings is 1. The molecule has 0 bridgehead atoms. The molecule has 0 saturated heterocycles. The van der Waals surface area contributed by atoms with Crippen molar-refractivity contribution >= 4 is 21.9 Å². The molecule has 1 aromatic carbocycles. The zero-order valence-electron chi connectivity index (χ0n) is 9.50. The first-order valence-corrected chi connectivity index (χ1v) is 5.31. The van der Waals surface area contributed by atoms with Crippen molar-refractivity contribution in [1.82, 2.24) is 0 Å². The predicted octanol–water partition coefficient (Wildman–Crippen LogP) is 4.65. The van der Waals surface area contributed by atoms with Gasteiger partial charge in [0.1, 0.15) is 16.9 Å². The summed E-state index contributed by atoms with van der Waals surface area (Å²) < 4.78 is 23.1. The number of fused-ring (bicyclic) bond motifs is 2. The molecule has 2 heterocycles. The molecule has 0 atom stereocenters. The predicted molar refractivity (Wildman–Crippen MR) is 62.0 cm³/mol. The zero-order chi connectivity index (χ0) is 11.7. The highest BCUT2D eigenvalue weighted by atomic mass is 19.1. The molecule has 0 aliphatic carbocycles. The van der Waals surface area contributed by atoms with E-state index in [4.69, 9.17) is 8.83 Å². The van der Waals surface area contributed by atoms with Crippen LogP contribution < -0.4 is 0 Å². The molecule has 0 amide bonds. The van der Waals surface area contributed by atoms with Crippen LogP contribution in [0, 0.1) is 12.9 Å². The number of hydrogen-bond donors (Lipinski definition) is 0. The minimum absolute atomic E-state index is 0.552. The molecular formula is C13H13FO2. The van der Waals surface area contributed by atoms with Crippen LogP contribution in [0.2, 0.25) is 0 Å². The Kier molecular flexibility index (Phi) is 2.69. The Morgan fingerprint density at radius 2 is 1.44 bits per heavy atom. The van der Waals surface area contributed by atoms with Crippen molar-refractivity contribution in [1.29, 1.82) is 0 Å². The molecule has 2 aromatic heterocycles. The van der Waals surface area contributed by atoms with E-state index in [9.17, 15) is 4.39 Å². The van der Waals surface area contributed by atoms with Gasteiger partial charge in [0.05, 0.1) is 0 Å². The van der Waals surface area contributed by atoms with Gasteiger partial charge in [0.25, 0.3) is 6.01 Å². The number of aryl methyl sites for hydroxylation is 1. The lowest BCUT2D eigenvalue weighted by Crippen LogP contribution is -1.63. The van der Waals surface area contributed by atoms with E-state index in [1.165, 1.54) is 6.07 Å². The van der Waals surface area contributed by atoms with Crippen molar-refractivity contribution in [3.8, 4) is 0 Å². The number of rotatable bonds is 0. The van der Waals surface area contributed by atoms with E-state index >= 15 is 0 Å². The molecule has 0 saturated carbocycles. The molecule has 0 aliphatic heterocycles. The molecule has 3 rings (SSSR count). The lowest BCUT2D eigenvalue weighted by molar-refractivity contribution is 0.381. The van der Waals surface area contributed by atoms with Gasteiger partial charge >= 0.3 is 0 Å². The van der Waals surface area contributed by atoms with Crippen LogP contribution in [0.1, 0.15) is 19.6 Å². The van der Waals surface area contributed by atoms with Crippen LogP contribution >= 0.6 is 0 Å². The van der Waals surface area contributed by atoms with Gasteiger partial charge in [-0.15, -0.1) is 0 Å². The van der Waals surface area contributed by atoms with Crippen LogP contribution in [0.25, 0.3) is 21.9 Å². The molecule has 84 valence electrons. The Morgan fingerprint density at radius 1 is 0.875 bits per heavy atom. The summed E-state index contributed by atoms with van der Waals surface area (Å²) in [5.74, 6) is 0.841. The van der Waals surface area contributed by atoms with E-state index in [0.29, 0.717) is 5.58 Å². The average Bonchev–Trinajstić information content (AvgIpc) is 2.76. The van der Waals surface area contributed by atoms with E-state index in [-0.39, 0.29) is 0 Å². The van der Waals surface area contributed by atoms with Gasteiger partial charge in [-0.1, -0.05) is 13.8 Å². The summed E-state index contributed by atoms with van der Waals surface area (Å²) in [7, 11) is 0. The Hall–Kier alpha value is -1.77. The molecular weight excluding hydrogens is 207 g/mol. The highest BCUT2D eigenvalue weighted by molar-refractivity contribution is 5.93. The first kappa shape index (κ1) is 10.7. The van der Waals surface area contributed by atoms with Crippen molar-refractivity contribution in [2.45, 2.75) is 20.8 Å². The van der Waals surface area contributed by atoms with Gasteiger partial charge in [-0.25, -0.2) is 0 Å². The molecule has 0 aliphatic rings. The third-order valence-electron chi connectivity index (χ3n) is 2.25. The standard InChI is InChI=1S/C11H7FO2.C2H6/c1-6-2-7-3-10-8(4-9(7)13-6)5-11(12)14-10;1-2/h2-5H,1H3;1-2H3. The van der Waals surface area contributed by atoms with Gasteiger partial charge < -0.3 is 8.83 Å². The van der Waals surface area contributed by atoms with Crippen molar-refractivity contribution in [2.24, 2.45) is 0 Å². The van der Waals surface area contributed by atoms with Gasteiger partial charge in [-0.2, -0.15) is 4.39 Å². The normalized spacial score (nSPS) is 10.5. The minimum Gasteiger partial charge on any atom is -0.461 e. The summed E-state index contributed by atoms with van der Waals surface area (Å²) >= 11 is 0. The van der Waals surface area contributed by atoms with E-state index < -0.39 is 6.01 Å². The van der Waals surface area contributed by atoms with E-state index in [0.717, 1.165) is 22.1 Å². The second kappa shape index (κ2) is 4.00. The van der Waals surface area contributed by atoms with Crippen LogP contribution in [0.5, 0.6) is 0 Å². The number of hydrogen-bond acceptors (Lipinski definition) is 2. The minimum atomic E-state index is -0.565. The van der Waals surface area contributed by atoms with Crippen LogP contribution in [0.15, 0.2) is 33.1 Å². The van der Waals surface area contributed by atoms with Crippen molar-refractivity contribution in [3.63, 3.8) is 0 Å². The summed E-state index contributed by atoms with van der Waals surface area (Å²) in [4.78, 5) is 0. The Morgan fingerprint density at radius 3 is 2.12 bits per heavy atom. The fourth-order valence-electron chi connectivity index (χ4n) is 1.67. The van der Waals surface area contributed by atoms with E-state index in [1.807, 2.05) is 26.8 Å². The maximum absolute atomic E-state index is 12.8. The largest absolute Gasteiger partial charge is 0.461 e.